The van der Waals surface area contributed by atoms with Gasteiger partial charge in [0.2, 0.25) is 5.91 Å². The standard InChI is InChI=1S/C20H22N2O5/c1-3-26-17-10-6-16(7-11-17)22-19(24)12-21-20(25)13-27-18-8-4-15(5-9-18)14(2)23/h4-11H,3,12-13H2,1-2H3,(H,21,25)(H,22,24). The zero-order chi connectivity index (χ0) is 19.6. The quantitative estimate of drug-likeness (QED) is 0.661. The number of amides is 2. The lowest BCUT2D eigenvalue weighted by atomic mass is 10.1. The zero-order valence-electron chi connectivity index (χ0n) is 15.3. The molecule has 0 heterocycles. The van der Waals surface area contributed by atoms with Crippen molar-refractivity contribution in [1.29, 1.82) is 0 Å². The summed E-state index contributed by atoms with van der Waals surface area (Å²) in [7, 11) is 0. The van der Waals surface area contributed by atoms with E-state index in [0.717, 1.165) is 5.75 Å². The normalized spacial score (nSPS) is 10.0. The third-order valence-corrected chi connectivity index (χ3v) is 3.53. The van der Waals surface area contributed by atoms with E-state index in [2.05, 4.69) is 10.6 Å². The van der Waals surface area contributed by atoms with Crippen LogP contribution in [0.5, 0.6) is 11.5 Å². The summed E-state index contributed by atoms with van der Waals surface area (Å²) >= 11 is 0. The van der Waals surface area contributed by atoms with E-state index < -0.39 is 5.91 Å². The fourth-order valence-corrected chi connectivity index (χ4v) is 2.17. The lowest BCUT2D eigenvalue weighted by Gasteiger charge is -2.09. The van der Waals surface area contributed by atoms with Crippen LogP contribution in [0.1, 0.15) is 24.2 Å². The predicted molar refractivity (Wildman–Crippen MR) is 101 cm³/mol. The molecule has 0 aliphatic rings. The van der Waals surface area contributed by atoms with Crippen LogP contribution in [0.4, 0.5) is 5.69 Å². The molecule has 0 spiro atoms. The molecule has 0 atom stereocenters. The number of ether oxygens (including phenoxy) is 2. The maximum absolute atomic E-state index is 11.9. The summed E-state index contributed by atoms with van der Waals surface area (Å²) in [5.74, 6) is 0.370. The molecule has 7 nitrogen and oxygen atoms in total. The summed E-state index contributed by atoms with van der Waals surface area (Å²) in [6.07, 6.45) is 0. The number of benzene rings is 2. The Morgan fingerprint density at radius 1 is 0.852 bits per heavy atom. The molecule has 0 bridgehead atoms. The van der Waals surface area contributed by atoms with Crippen molar-refractivity contribution in [3.63, 3.8) is 0 Å². The van der Waals surface area contributed by atoms with Gasteiger partial charge in [-0.05, 0) is 62.4 Å². The van der Waals surface area contributed by atoms with Crippen LogP contribution in [0.25, 0.3) is 0 Å². The molecule has 2 aromatic rings. The number of ketones is 1. The SMILES string of the molecule is CCOc1ccc(NC(=O)CNC(=O)COc2ccc(C(C)=O)cc2)cc1. The van der Waals surface area contributed by atoms with Crippen LogP contribution in [-0.2, 0) is 9.59 Å². The van der Waals surface area contributed by atoms with Gasteiger partial charge in [-0.3, -0.25) is 14.4 Å². The number of anilines is 1. The third kappa shape index (κ3) is 6.81. The van der Waals surface area contributed by atoms with E-state index in [1.54, 1.807) is 48.5 Å². The number of hydrogen-bond donors (Lipinski definition) is 2. The van der Waals surface area contributed by atoms with Gasteiger partial charge in [0.25, 0.3) is 5.91 Å². The first-order valence-electron chi connectivity index (χ1n) is 8.51. The largest absolute Gasteiger partial charge is 0.494 e. The van der Waals surface area contributed by atoms with Crippen LogP contribution < -0.4 is 20.1 Å². The van der Waals surface area contributed by atoms with Crippen LogP contribution in [0, 0.1) is 0 Å². The van der Waals surface area contributed by atoms with Gasteiger partial charge in [0.05, 0.1) is 13.2 Å². The van der Waals surface area contributed by atoms with Crippen molar-refractivity contribution in [3.05, 3.63) is 54.1 Å². The summed E-state index contributed by atoms with van der Waals surface area (Å²) in [6.45, 7) is 3.54. The maximum atomic E-state index is 11.9. The molecule has 2 amide bonds. The highest BCUT2D eigenvalue weighted by molar-refractivity contribution is 5.95. The first-order valence-corrected chi connectivity index (χ1v) is 8.51. The fourth-order valence-electron chi connectivity index (χ4n) is 2.17. The van der Waals surface area contributed by atoms with Crippen molar-refractivity contribution in [3.8, 4) is 11.5 Å². The van der Waals surface area contributed by atoms with Gasteiger partial charge in [-0.2, -0.15) is 0 Å². The van der Waals surface area contributed by atoms with Gasteiger partial charge in [0.1, 0.15) is 11.5 Å². The molecule has 0 aromatic heterocycles. The molecule has 0 aliphatic heterocycles. The molecule has 2 N–H and O–H groups in total. The summed E-state index contributed by atoms with van der Waals surface area (Å²) in [4.78, 5) is 34.9. The van der Waals surface area contributed by atoms with E-state index >= 15 is 0 Å². The fraction of sp³-hybridized carbons (Fsp3) is 0.250. The summed E-state index contributed by atoms with van der Waals surface area (Å²) in [5.41, 5.74) is 1.18. The highest BCUT2D eigenvalue weighted by Crippen LogP contribution is 2.15. The van der Waals surface area contributed by atoms with Gasteiger partial charge in [0.15, 0.2) is 12.4 Å². The number of hydrogen-bond acceptors (Lipinski definition) is 5. The summed E-state index contributed by atoms with van der Waals surface area (Å²) < 4.78 is 10.6. The van der Waals surface area contributed by atoms with Crippen molar-refractivity contribution in [1.82, 2.24) is 5.32 Å². The molecule has 0 fully saturated rings. The van der Waals surface area contributed by atoms with E-state index in [9.17, 15) is 14.4 Å². The Kier molecular flexibility index (Phi) is 7.37. The van der Waals surface area contributed by atoms with Gasteiger partial charge in [0, 0.05) is 11.3 Å². The van der Waals surface area contributed by atoms with E-state index in [4.69, 9.17) is 9.47 Å². The molecule has 27 heavy (non-hydrogen) atoms. The average Bonchev–Trinajstić information content (AvgIpc) is 2.67. The molecular weight excluding hydrogens is 348 g/mol. The van der Waals surface area contributed by atoms with Gasteiger partial charge in [-0.15, -0.1) is 0 Å². The molecule has 0 saturated carbocycles. The van der Waals surface area contributed by atoms with E-state index in [1.807, 2.05) is 6.92 Å². The van der Waals surface area contributed by atoms with Gasteiger partial charge in [-0.1, -0.05) is 0 Å². The minimum atomic E-state index is -0.424. The second-order valence-corrected chi connectivity index (χ2v) is 5.65. The van der Waals surface area contributed by atoms with E-state index in [1.165, 1.54) is 6.92 Å². The van der Waals surface area contributed by atoms with Crippen molar-refractivity contribution in [2.24, 2.45) is 0 Å². The number of carbonyl (C=O) groups excluding carboxylic acids is 3. The Morgan fingerprint density at radius 2 is 1.44 bits per heavy atom. The Morgan fingerprint density at radius 3 is 2.04 bits per heavy atom. The summed E-state index contributed by atoms with van der Waals surface area (Å²) in [6, 6.07) is 13.4. The molecule has 0 aliphatic carbocycles. The van der Waals surface area contributed by atoms with E-state index in [0.29, 0.717) is 23.6 Å². The van der Waals surface area contributed by atoms with Crippen molar-refractivity contribution >= 4 is 23.3 Å². The second-order valence-electron chi connectivity index (χ2n) is 5.65. The second kappa shape index (κ2) is 9.96. The first-order chi connectivity index (χ1) is 13.0. The molecule has 2 rings (SSSR count). The Bertz CT molecular complexity index is 785. The van der Waals surface area contributed by atoms with Crippen LogP contribution in [-0.4, -0.2) is 37.4 Å². The number of nitrogens with one attached hydrogen (secondary N) is 2. The predicted octanol–water partition coefficient (Wildman–Crippen LogP) is 2.42. The van der Waals surface area contributed by atoms with Crippen LogP contribution in [0.2, 0.25) is 0 Å². The van der Waals surface area contributed by atoms with Crippen molar-refractivity contribution in [2.45, 2.75) is 13.8 Å². The van der Waals surface area contributed by atoms with Crippen molar-refractivity contribution < 1.29 is 23.9 Å². The first kappa shape index (κ1) is 20.0. The Hall–Kier alpha value is -3.35. The van der Waals surface area contributed by atoms with E-state index in [-0.39, 0.29) is 24.8 Å². The van der Waals surface area contributed by atoms with Gasteiger partial charge in [-0.25, -0.2) is 0 Å². The number of rotatable bonds is 9. The average molecular weight is 370 g/mol. The summed E-state index contributed by atoms with van der Waals surface area (Å²) in [5, 5.41) is 5.15. The van der Waals surface area contributed by atoms with Gasteiger partial charge < -0.3 is 20.1 Å². The molecular formula is C20H22N2O5. The highest BCUT2D eigenvalue weighted by atomic mass is 16.5. The number of Topliss-reactive ketones (excluding diaryl/α,β-unsaturated/α-hetero) is 1. The minimum absolute atomic E-state index is 0.0437. The zero-order valence-corrected chi connectivity index (χ0v) is 15.3. The topological polar surface area (TPSA) is 93.7 Å². The smallest absolute Gasteiger partial charge is 0.258 e. The lowest BCUT2D eigenvalue weighted by molar-refractivity contribution is -0.125. The molecule has 142 valence electrons. The molecule has 0 unspecified atom stereocenters. The molecule has 7 heteroatoms. The third-order valence-electron chi connectivity index (χ3n) is 3.53. The van der Waals surface area contributed by atoms with Gasteiger partial charge >= 0.3 is 0 Å². The maximum Gasteiger partial charge on any atom is 0.258 e. The number of carbonyl (C=O) groups is 3. The molecule has 0 radical (unpaired) electrons. The minimum Gasteiger partial charge on any atom is -0.494 e. The molecule has 2 aromatic carbocycles. The van der Waals surface area contributed by atoms with Crippen LogP contribution in [0.15, 0.2) is 48.5 Å². The highest BCUT2D eigenvalue weighted by Gasteiger charge is 2.07. The molecule has 0 saturated heterocycles. The Labute approximate surface area is 157 Å². The van der Waals surface area contributed by atoms with Crippen LogP contribution >= 0.6 is 0 Å². The lowest BCUT2D eigenvalue weighted by Crippen LogP contribution is -2.35. The van der Waals surface area contributed by atoms with Crippen LogP contribution in [0.3, 0.4) is 0 Å². The van der Waals surface area contributed by atoms with Crippen molar-refractivity contribution in [2.75, 3.05) is 25.1 Å². The Balaban J connectivity index is 1.71. The monoisotopic (exact) mass is 370 g/mol.